The van der Waals surface area contributed by atoms with E-state index in [1.807, 2.05) is 19.1 Å². The normalized spacial score (nSPS) is 17.4. The molecule has 33 heavy (non-hydrogen) atoms. The van der Waals surface area contributed by atoms with Crippen LogP contribution in [0.1, 0.15) is 76.9 Å². The zero-order valence-electron chi connectivity index (χ0n) is 20.9. The fourth-order valence-corrected chi connectivity index (χ4v) is 7.32. The van der Waals surface area contributed by atoms with Crippen molar-refractivity contribution in [1.82, 2.24) is 0 Å². The number of rotatable bonds is 7. The van der Waals surface area contributed by atoms with Gasteiger partial charge >= 0.3 is 11.9 Å². The Bertz CT molecular complexity index is 1060. The van der Waals surface area contributed by atoms with E-state index in [0.717, 1.165) is 29.2 Å². The van der Waals surface area contributed by atoms with E-state index in [0.29, 0.717) is 29.9 Å². The molecule has 178 valence electrons. The quantitative estimate of drug-likeness (QED) is 0.329. The third-order valence-electron chi connectivity index (χ3n) is 6.75. The second kappa shape index (κ2) is 9.43. The molecule has 1 N–H and O–H groups in total. The highest BCUT2D eigenvalue weighted by Crippen LogP contribution is 2.43. The molecule has 1 aliphatic carbocycles. The smallest absolute Gasteiger partial charge is 0.343 e. The number of ether oxygens (including phenoxy) is 2. The molecule has 0 aromatic heterocycles. The summed E-state index contributed by atoms with van der Waals surface area (Å²) in [5.41, 5.74) is 4.10. The van der Waals surface area contributed by atoms with E-state index in [-0.39, 0.29) is 11.3 Å². The van der Waals surface area contributed by atoms with Crippen molar-refractivity contribution in [3.63, 3.8) is 0 Å². The Morgan fingerprint density at radius 1 is 1.15 bits per heavy atom. The lowest BCUT2D eigenvalue weighted by atomic mass is 9.68. The van der Waals surface area contributed by atoms with E-state index in [4.69, 9.17) is 9.47 Å². The molecule has 6 heteroatoms. The van der Waals surface area contributed by atoms with E-state index < -0.39 is 20.0 Å². The van der Waals surface area contributed by atoms with E-state index in [9.17, 15) is 14.7 Å². The van der Waals surface area contributed by atoms with Crippen LogP contribution in [0.25, 0.3) is 0 Å². The molecule has 2 aromatic rings. The Morgan fingerprint density at radius 2 is 1.85 bits per heavy atom. The molecule has 0 amide bonds. The summed E-state index contributed by atoms with van der Waals surface area (Å²) in [6.07, 6.45) is 2.69. The van der Waals surface area contributed by atoms with Gasteiger partial charge in [-0.1, -0.05) is 46.5 Å². The van der Waals surface area contributed by atoms with Gasteiger partial charge in [0, 0.05) is 13.0 Å². The van der Waals surface area contributed by atoms with E-state index in [2.05, 4.69) is 39.6 Å². The maximum atomic E-state index is 13.2. The monoisotopic (exact) mass is 468 g/mol. The summed E-state index contributed by atoms with van der Waals surface area (Å²) in [4.78, 5) is 25.1. The minimum Gasteiger partial charge on any atom is -0.478 e. The summed E-state index contributed by atoms with van der Waals surface area (Å²) >= 11 is 0. The highest BCUT2D eigenvalue weighted by atomic mass is 28.3. The van der Waals surface area contributed by atoms with Gasteiger partial charge in [0.25, 0.3) is 0 Å². The number of carbonyl (C=O) groups excluding carboxylic acids is 1. The van der Waals surface area contributed by atoms with Gasteiger partial charge in [0.1, 0.15) is 5.75 Å². The fraction of sp³-hybridized carbons (Fsp3) is 0.481. The van der Waals surface area contributed by atoms with Crippen LogP contribution >= 0.6 is 0 Å². The molecule has 0 aliphatic heterocycles. The summed E-state index contributed by atoms with van der Waals surface area (Å²) in [7, 11) is -0.299. The van der Waals surface area contributed by atoms with Crippen LogP contribution in [0.4, 0.5) is 0 Å². The maximum absolute atomic E-state index is 13.2. The Hall–Kier alpha value is -2.44. The molecule has 0 saturated carbocycles. The van der Waals surface area contributed by atoms with Crippen molar-refractivity contribution < 1.29 is 24.2 Å². The number of hydrogen-bond acceptors (Lipinski definition) is 4. The average Bonchev–Trinajstić information content (AvgIpc) is 2.74. The largest absolute Gasteiger partial charge is 0.478 e. The zero-order valence-corrected chi connectivity index (χ0v) is 21.9. The van der Waals surface area contributed by atoms with Crippen LogP contribution < -0.4 is 9.92 Å². The number of methoxy groups -OCH3 is 1. The summed E-state index contributed by atoms with van der Waals surface area (Å²) in [5.74, 6) is -0.653. The minimum absolute atomic E-state index is 0.0519. The van der Waals surface area contributed by atoms with Crippen LogP contribution in [-0.4, -0.2) is 38.8 Å². The van der Waals surface area contributed by atoms with Crippen LogP contribution in [0.15, 0.2) is 30.3 Å². The molecule has 0 saturated heterocycles. The fourth-order valence-electron chi connectivity index (χ4n) is 5.11. The zero-order chi connectivity index (χ0) is 24.6. The lowest BCUT2D eigenvalue weighted by Gasteiger charge is -2.37. The predicted molar refractivity (Wildman–Crippen MR) is 134 cm³/mol. The van der Waals surface area contributed by atoms with Gasteiger partial charge < -0.3 is 14.6 Å². The number of fused-ring (bicyclic) bond motifs is 1. The predicted octanol–water partition coefficient (Wildman–Crippen LogP) is 5.51. The molecule has 0 bridgehead atoms. The first-order valence-electron chi connectivity index (χ1n) is 11.7. The molecule has 1 unspecified atom stereocenters. The lowest BCUT2D eigenvalue weighted by molar-refractivity contribution is 0.0697. The van der Waals surface area contributed by atoms with Gasteiger partial charge in [-0.2, -0.15) is 0 Å². The summed E-state index contributed by atoms with van der Waals surface area (Å²) < 4.78 is 11.3. The first kappa shape index (κ1) is 25.2. The van der Waals surface area contributed by atoms with Gasteiger partial charge in [0.15, 0.2) is 0 Å². The van der Waals surface area contributed by atoms with Gasteiger partial charge in [-0.05, 0) is 70.8 Å². The molecular formula is C27H36O5Si. The number of carboxylic acid groups (broad SMARTS) is 1. The van der Waals surface area contributed by atoms with Gasteiger partial charge in [0.2, 0.25) is 0 Å². The van der Waals surface area contributed by atoms with E-state index >= 15 is 0 Å². The molecule has 2 aromatic carbocycles. The number of benzene rings is 2. The summed E-state index contributed by atoms with van der Waals surface area (Å²) in [6.45, 7) is 13.4. The Kier molecular flexibility index (Phi) is 7.20. The van der Waals surface area contributed by atoms with Crippen molar-refractivity contribution in [2.75, 3.05) is 13.7 Å². The average molecular weight is 469 g/mol. The van der Waals surface area contributed by atoms with Crippen LogP contribution in [0.3, 0.4) is 0 Å². The molecule has 0 spiro atoms. The van der Waals surface area contributed by atoms with Crippen molar-refractivity contribution >= 4 is 25.2 Å². The van der Waals surface area contributed by atoms with Crippen molar-refractivity contribution in [3.05, 3.63) is 58.1 Å². The van der Waals surface area contributed by atoms with Gasteiger partial charge in [-0.3, -0.25) is 0 Å². The number of carbonyl (C=O) groups is 2. The SMILES string of the molecule is CCc1c(OC(=O)c2ccc3c(c2)C(COC)CCC3(C)C)ccc(C(=O)O)c1[Si](C)(C)C. The van der Waals surface area contributed by atoms with Crippen LogP contribution in [0.5, 0.6) is 5.75 Å². The van der Waals surface area contributed by atoms with Crippen molar-refractivity contribution in [1.29, 1.82) is 0 Å². The van der Waals surface area contributed by atoms with Crippen molar-refractivity contribution in [3.8, 4) is 5.75 Å². The van der Waals surface area contributed by atoms with Crippen LogP contribution in [0, 0.1) is 0 Å². The molecular weight excluding hydrogens is 432 g/mol. The molecule has 0 heterocycles. The van der Waals surface area contributed by atoms with Gasteiger partial charge in [0.05, 0.1) is 25.8 Å². The standard InChI is InChI=1S/C27H36O5Si/c1-8-19-23(12-10-20(25(28)29)24(19)33(5,6)7)32-26(30)17-9-11-22-21(15-17)18(16-31-4)13-14-27(22,2)3/h9-12,15,18H,8,13-14,16H2,1-7H3,(H,28,29). The molecule has 1 atom stereocenters. The molecule has 1 aliphatic rings. The molecule has 0 fully saturated rings. The Balaban J connectivity index is 2.02. The molecule has 0 radical (unpaired) electrons. The van der Waals surface area contributed by atoms with Gasteiger partial charge in [-0.15, -0.1) is 0 Å². The molecule has 5 nitrogen and oxygen atoms in total. The lowest BCUT2D eigenvalue weighted by Crippen LogP contribution is -2.44. The Morgan fingerprint density at radius 3 is 2.42 bits per heavy atom. The summed E-state index contributed by atoms with van der Waals surface area (Å²) in [6, 6.07) is 9.05. The second-order valence-electron chi connectivity index (χ2n) is 10.6. The number of carboxylic acids is 1. The summed E-state index contributed by atoms with van der Waals surface area (Å²) in [5, 5.41) is 10.6. The Labute approximate surface area is 198 Å². The van der Waals surface area contributed by atoms with Crippen LogP contribution in [-0.2, 0) is 16.6 Å². The third kappa shape index (κ3) is 5.07. The highest BCUT2D eigenvalue weighted by molar-refractivity contribution is 6.89. The minimum atomic E-state index is -2.01. The van der Waals surface area contributed by atoms with Gasteiger partial charge in [-0.25, -0.2) is 9.59 Å². The topological polar surface area (TPSA) is 72.8 Å². The van der Waals surface area contributed by atoms with E-state index in [1.54, 1.807) is 19.2 Å². The number of aromatic carboxylic acids is 1. The van der Waals surface area contributed by atoms with Crippen molar-refractivity contribution in [2.45, 2.75) is 71.0 Å². The molecule has 3 rings (SSSR count). The second-order valence-corrected chi connectivity index (χ2v) is 15.6. The first-order chi connectivity index (χ1) is 15.4. The van der Waals surface area contributed by atoms with E-state index in [1.165, 1.54) is 5.56 Å². The third-order valence-corrected chi connectivity index (χ3v) is 8.82. The van der Waals surface area contributed by atoms with Crippen molar-refractivity contribution in [2.24, 2.45) is 0 Å². The number of hydrogen-bond donors (Lipinski definition) is 1. The number of esters is 1. The maximum Gasteiger partial charge on any atom is 0.343 e. The highest BCUT2D eigenvalue weighted by Gasteiger charge is 2.34. The first-order valence-corrected chi connectivity index (χ1v) is 15.2. The van der Waals surface area contributed by atoms with Crippen LogP contribution in [0.2, 0.25) is 19.6 Å².